The molecule has 0 N–H and O–H groups in total. The Morgan fingerprint density at radius 2 is 1.50 bits per heavy atom. The van der Waals surface area contributed by atoms with E-state index in [0.29, 0.717) is 5.69 Å². The van der Waals surface area contributed by atoms with Crippen LogP contribution in [0.4, 0.5) is 14.5 Å². The normalized spacial score (nSPS) is 11.3. The Kier molecular flexibility index (Phi) is 5.04. The molecule has 134 valence electrons. The van der Waals surface area contributed by atoms with Crippen LogP contribution in [0.1, 0.15) is 11.1 Å². The molecule has 0 aliphatic rings. The first-order valence-corrected chi connectivity index (χ1v) is 9.41. The maximum Gasteiger partial charge on any atom is 0.267 e. The molecule has 0 aromatic heterocycles. The van der Waals surface area contributed by atoms with Crippen LogP contribution in [0.5, 0.6) is 0 Å². The van der Waals surface area contributed by atoms with Crippen LogP contribution in [0, 0.1) is 18.6 Å². The van der Waals surface area contributed by atoms with Gasteiger partial charge in [0.1, 0.15) is 16.5 Å². The zero-order chi connectivity index (χ0) is 18.7. The van der Waals surface area contributed by atoms with Gasteiger partial charge in [-0.2, -0.15) is 0 Å². The van der Waals surface area contributed by atoms with Crippen molar-refractivity contribution in [3.63, 3.8) is 0 Å². The zero-order valence-corrected chi connectivity index (χ0v) is 14.9. The number of hydrogen-bond acceptors (Lipinski definition) is 2. The van der Waals surface area contributed by atoms with Crippen molar-refractivity contribution in [3.05, 3.63) is 95.6 Å². The lowest BCUT2D eigenvalue weighted by atomic mass is 10.2. The van der Waals surface area contributed by atoms with Gasteiger partial charge in [-0.15, -0.1) is 0 Å². The quantitative estimate of drug-likeness (QED) is 0.652. The van der Waals surface area contributed by atoms with Crippen molar-refractivity contribution in [2.75, 3.05) is 4.31 Å². The van der Waals surface area contributed by atoms with Crippen molar-refractivity contribution >= 4 is 15.7 Å². The second-order valence-electron chi connectivity index (χ2n) is 5.87. The van der Waals surface area contributed by atoms with Crippen LogP contribution >= 0.6 is 0 Å². The number of benzene rings is 3. The van der Waals surface area contributed by atoms with Gasteiger partial charge in [0.2, 0.25) is 0 Å². The summed E-state index contributed by atoms with van der Waals surface area (Å²) in [7, 11) is -4.22. The van der Waals surface area contributed by atoms with E-state index in [2.05, 4.69) is 0 Å². The molecule has 0 radical (unpaired) electrons. The molecular formula is C20H17F2NO2S. The lowest BCUT2D eigenvalue weighted by Crippen LogP contribution is -2.31. The summed E-state index contributed by atoms with van der Waals surface area (Å²) in [5.74, 6) is -1.37. The van der Waals surface area contributed by atoms with Crippen LogP contribution in [-0.2, 0) is 16.6 Å². The van der Waals surface area contributed by atoms with E-state index in [1.165, 1.54) is 36.4 Å². The average molecular weight is 373 g/mol. The molecule has 0 heterocycles. The standard InChI is InChI=1S/C20H17F2NO2S/c1-15-7-6-9-17(13-15)23(14-16-8-2-3-10-18(16)21)26(24,25)20-12-5-4-11-19(20)22/h2-13H,14H2,1H3. The molecule has 26 heavy (non-hydrogen) atoms. The van der Waals surface area contributed by atoms with Gasteiger partial charge < -0.3 is 0 Å². The molecule has 3 aromatic carbocycles. The first kappa shape index (κ1) is 18.1. The molecule has 0 spiro atoms. The summed E-state index contributed by atoms with van der Waals surface area (Å²) in [5, 5.41) is 0. The van der Waals surface area contributed by atoms with Crippen molar-refractivity contribution in [2.45, 2.75) is 18.4 Å². The fourth-order valence-corrected chi connectivity index (χ4v) is 4.15. The predicted octanol–water partition coefficient (Wildman–Crippen LogP) is 4.67. The molecule has 3 nitrogen and oxygen atoms in total. The summed E-state index contributed by atoms with van der Waals surface area (Å²) >= 11 is 0. The molecule has 0 saturated carbocycles. The minimum Gasteiger partial charge on any atom is -0.262 e. The first-order chi connectivity index (χ1) is 12.4. The number of halogens is 2. The Balaban J connectivity index is 2.15. The second-order valence-corrected chi connectivity index (χ2v) is 7.70. The van der Waals surface area contributed by atoms with Crippen LogP contribution in [0.3, 0.4) is 0 Å². The van der Waals surface area contributed by atoms with Crippen molar-refractivity contribution in [2.24, 2.45) is 0 Å². The lowest BCUT2D eigenvalue weighted by Gasteiger charge is -2.25. The summed E-state index contributed by atoms with van der Waals surface area (Å²) < 4.78 is 55.6. The van der Waals surface area contributed by atoms with Gasteiger partial charge in [-0.1, -0.05) is 42.5 Å². The molecule has 3 aromatic rings. The Hall–Kier alpha value is -2.73. The zero-order valence-electron chi connectivity index (χ0n) is 14.1. The van der Waals surface area contributed by atoms with E-state index in [1.54, 1.807) is 24.3 Å². The molecule has 0 bridgehead atoms. The van der Waals surface area contributed by atoms with E-state index >= 15 is 0 Å². The van der Waals surface area contributed by atoms with Crippen LogP contribution in [0.2, 0.25) is 0 Å². The Morgan fingerprint density at radius 1 is 0.846 bits per heavy atom. The Morgan fingerprint density at radius 3 is 2.15 bits per heavy atom. The topological polar surface area (TPSA) is 37.4 Å². The van der Waals surface area contributed by atoms with E-state index in [1.807, 2.05) is 13.0 Å². The molecule has 0 unspecified atom stereocenters. The maximum atomic E-state index is 14.2. The van der Waals surface area contributed by atoms with Gasteiger partial charge in [0.05, 0.1) is 12.2 Å². The maximum absolute atomic E-state index is 14.2. The van der Waals surface area contributed by atoms with Gasteiger partial charge in [-0.3, -0.25) is 4.31 Å². The number of rotatable bonds is 5. The van der Waals surface area contributed by atoms with Gasteiger partial charge >= 0.3 is 0 Å². The van der Waals surface area contributed by atoms with Crippen LogP contribution in [0.15, 0.2) is 77.7 Å². The second kappa shape index (κ2) is 7.25. The van der Waals surface area contributed by atoms with Crippen LogP contribution in [-0.4, -0.2) is 8.42 Å². The van der Waals surface area contributed by atoms with E-state index in [4.69, 9.17) is 0 Å². The molecule has 0 aliphatic carbocycles. The first-order valence-electron chi connectivity index (χ1n) is 7.97. The van der Waals surface area contributed by atoms with E-state index < -0.39 is 26.6 Å². The third-order valence-corrected chi connectivity index (χ3v) is 5.77. The number of aryl methyl sites for hydroxylation is 1. The molecule has 0 atom stereocenters. The fraction of sp³-hybridized carbons (Fsp3) is 0.100. The highest BCUT2D eigenvalue weighted by Crippen LogP contribution is 2.28. The van der Waals surface area contributed by atoms with Crippen molar-refractivity contribution < 1.29 is 17.2 Å². The van der Waals surface area contributed by atoms with Crippen molar-refractivity contribution in [1.29, 1.82) is 0 Å². The highest BCUT2D eigenvalue weighted by molar-refractivity contribution is 7.92. The highest BCUT2D eigenvalue weighted by Gasteiger charge is 2.28. The van der Waals surface area contributed by atoms with E-state index in [-0.39, 0.29) is 12.1 Å². The van der Waals surface area contributed by atoms with Crippen LogP contribution < -0.4 is 4.31 Å². The highest BCUT2D eigenvalue weighted by atomic mass is 32.2. The third kappa shape index (κ3) is 3.60. The molecule has 0 saturated heterocycles. The van der Waals surface area contributed by atoms with Crippen molar-refractivity contribution in [1.82, 2.24) is 0 Å². The fourth-order valence-electron chi connectivity index (χ4n) is 2.65. The van der Waals surface area contributed by atoms with E-state index in [0.717, 1.165) is 15.9 Å². The smallest absolute Gasteiger partial charge is 0.262 e. The number of hydrogen-bond donors (Lipinski definition) is 0. The minimum atomic E-state index is -4.22. The Bertz CT molecular complexity index is 1040. The third-order valence-electron chi connectivity index (χ3n) is 3.97. The molecule has 6 heteroatoms. The summed E-state index contributed by atoms with van der Waals surface area (Å²) in [5.41, 5.74) is 1.38. The lowest BCUT2D eigenvalue weighted by molar-refractivity contribution is 0.561. The number of nitrogens with zero attached hydrogens (tertiary/aromatic N) is 1. The summed E-state index contributed by atoms with van der Waals surface area (Å²) in [6.45, 7) is 1.58. The molecule has 0 amide bonds. The van der Waals surface area contributed by atoms with Gasteiger partial charge in [-0.05, 0) is 42.8 Å². The van der Waals surface area contributed by atoms with Gasteiger partial charge in [0.25, 0.3) is 10.0 Å². The largest absolute Gasteiger partial charge is 0.267 e. The molecule has 0 aliphatic heterocycles. The average Bonchev–Trinajstić information content (AvgIpc) is 2.61. The van der Waals surface area contributed by atoms with Crippen molar-refractivity contribution in [3.8, 4) is 0 Å². The van der Waals surface area contributed by atoms with Crippen LogP contribution in [0.25, 0.3) is 0 Å². The molecular weight excluding hydrogens is 356 g/mol. The number of sulfonamides is 1. The summed E-state index contributed by atoms with van der Waals surface area (Å²) in [4.78, 5) is -0.446. The summed E-state index contributed by atoms with van der Waals surface area (Å²) in [6.07, 6.45) is 0. The van der Waals surface area contributed by atoms with Gasteiger partial charge in [-0.25, -0.2) is 17.2 Å². The SMILES string of the molecule is Cc1cccc(N(Cc2ccccc2F)S(=O)(=O)c2ccccc2F)c1. The van der Waals surface area contributed by atoms with Gasteiger partial charge in [0.15, 0.2) is 0 Å². The van der Waals surface area contributed by atoms with Gasteiger partial charge in [0, 0.05) is 5.56 Å². The molecule has 3 rings (SSSR count). The predicted molar refractivity (Wildman–Crippen MR) is 97.3 cm³/mol. The Labute approximate surface area is 151 Å². The number of anilines is 1. The minimum absolute atomic E-state index is 0.203. The monoisotopic (exact) mass is 373 g/mol. The van der Waals surface area contributed by atoms with E-state index in [9.17, 15) is 17.2 Å². The molecule has 0 fully saturated rings. The summed E-state index contributed by atoms with van der Waals surface area (Å²) in [6, 6.07) is 17.9.